The van der Waals surface area contributed by atoms with Gasteiger partial charge in [0.05, 0.1) is 11.0 Å². The van der Waals surface area contributed by atoms with Crippen LogP contribution in [0.1, 0.15) is 25.0 Å². The van der Waals surface area contributed by atoms with E-state index in [1.54, 1.807) is 12.1 Å². The second-order valence-electron chi connectivity index (χ2n) is 5.13. The van der Waals surface area contributed by atoms with Gasteiger partial charge in [0.1, 0.15) is 0 Å². The predicted molar refractivity (Wildman–Crippen MR) is 78.2 cm³/mol. The summed E-state index contributed by atoms with van der Waals surface area (Å²) >= 11 is 0. The fourth-order valence-corrected chi connectivity index (χ4v) is 2.47. The largest absolute Gasteiger partial charge is 0.396 e. The number of hydrogen-bond acceptors (Lipinski definition) is 5. The average Bonchev–Trinajstić information content (AvgIpc) is 2.38. The van der Waals surface area contributed by atoms with Crippen molar-refractivity contribution in [3.63, 3.8) is 0 Å². The summed E-state index contributed by atoms with van der Waals surface area (Å²) in [5.74, 6) is 0.347. The molecule has 114 valence electrons. The highest BCUT2D eigenvalue weighted by Gasteiger charge is 2.11. The van der Waals surface area contributed by atoms with E-state index >= 15 is 0 Å². The molecule has 1 aromatic rings. The minimum absolute atomic E-state index is 0.165. The SMILES string of the molecule is CC(CCO)CNCC(O)c1ccc(S(C)(=O)=O)cc1. The molecule has 0 fully saturated rings. The molecule has 1 aromatic carbocycles. The normalized spacial score (nSPS) is 15.0. The van der Waals surface area contributed by atoms with Gasteiger partial charge in [-0.1, -0.05) is 19.1 Å². The van der Waals surface area contributed by atoms with Gasteiger partial charge in [0.2, 0.25) is 0 Å². The molecule has 0 aliphatic heterocycles. The van der Waals surface area contributed by atoms with Crippen molar-refractivity contribution in [3.05, 3.63) is 29.8 Å². The minimum Gasteiger partial charge on any atom is -0.396 e. The van der Waals surface area contributed by atoms with Crippen molar-refractivity contribution in [2.24, 2.45) is 5.92 Å². The third-order valence-electron chi connectivity index (χ3n) is 3.15. The molecule has 0 bridgehead atoms. The first-order chi connectivity index (χ1) is 9.34. The molecule has 6 heteroatoms. The Hall–Kier alpha value is -0.950. The summed E-state index contributed by atoms with van der Waals surface area (Å²) in [6, 6.07) is 6.25. The molecule has 1 rings (SSSR count). The Morgan fingerprint density at radius 3 is 2.30 bits per heavy atom. The summed E-state index contributed by atoms with van der Waals surface area (Å²) in [7, 11) is -3.20. The van der Waals surface area contributed by atoms with E-state index in [1.165, 1.54) is 12.1 Å². The van der Waals surface area contributed by atoms with E-state index in [0.29, 0.717) is 18.0 Å². The van der Waals surface area contributed by atoms with Gasteiger partial charge in [-0.3, -0.25) is 0 Å². The Morgan fingerprint density at radius 1 is 1.20 bits per heavy atom. The minimum atomic E-state index is -3.20. The Balaban J connectivity index is 2.50. The van der Waals surface area contributed by atoms with Gasteiger partial charge in [-0.25, -0.2) is 8.42 Å². The lowest BCUT2D eigenvalue weighted by Crippen LogP contribution is -2.26. The van der Waals surface area contributed by atoms with Crippen LogP contribution in [-0.4, -0.2) is 44.6 Å². The Labute approximate surface area is 120 Å². The molecule has 5 nitrogen and oxygen atoms in total. The van der Waals surface area contributed by atoms with Crippen LogP contribution in [0.4, 0.5) is 0 Å². The molecule has 0 radical (unpaired) electrons. The standard InChI is InChI=1S/C14H23NO4S/c1-11(7-8-16)9-15-10-14(17)12-3-5-13(6-4-12)20(2,18)19/h3-6,11,14-17H,7-10H2,1-2H3. The van der Waals surface area contributed by atoms with Crippen molar-refractivity contribution < 1.29 is 18.6 Å². The first-order valence-corrected chi connectivity index (χ1v) is 8.53. The molecule has 0 saturated heterocycles. The van der Waals surface area contributed by atoms with Gasteiger partial charge in [0.15, 0.2) is 9.84 Å². The maximum absolute atomic E-state index is 11.3. The highest BCUT2D eigenvalue weighted by atomic mass is 32.2. The number of aliphatic hydroxyl groups excluding tert-OH is 2. The lowest BCUT2D eigenvalue weighted by molar-refractivity contribution is 0.171. The van der Waals surface area contributed by atoms with E-state index in [2.05, 4.69) is 5.32 Å². The highest BCUT2D eigenvalue weighted by Crippen LogP contribution is 2.16. The van der Waals surface area contributed by atoms with Crippen LogP contribution in [0.2, 0.25) is 0 Å². The van der Waals surface area contributed by atoms with Crippen molar-refractivity contribution >= 4 is 9.84 Å². The van der Waals surface area contributed by atoms with Crippen molar-refractivity contribution in [2.45, 2.75) is 24.3 Å². The van der Waals surface area contributed by atoms with Crippen molar-refractivity contribution in [3.8, 4) is 0 Å². The van der Waals surface area contributed by atoms with E-state index in [-0.39, 0.29) is 11.5 Å². The van der Waals surface area contributed by atoms with Crippen LogP contribution in [0.15, 0.2) is 29.2 Å². The van der Waals surface area contributed by atoms with Crippen molar-refractivity contribution in [1.82, 2.24) is 5.32 Å². The maximum atomic E-state index is 11.3. The van der Waals surface area contributed by atoms with Crippen LogP contribution in [0.5, 0.6) is 0 Å². The van der Waals surface area contributed by atoms with Gasteiger partial charge in [0, 0.05) is 19.4 Å². The van der Waals surface area contributed by atoms with Gasteiger partial charge >= 0.3 is 0 Å². The topological polar surface area (TPSA) is 86.6 Å². The highest BCUT2D eigenvalue weighted by molar-refractivity contribution is 7.90. The maximum Gasteiger partial charge on any atom is 0.175 e. The van der Waals surface area contributed by atoms with E-state index in [1.807, 2.05) is 6.92 Å². The number of nitrogens with one attached hydrogen (secondary N) is 1. The zero-order valence-corrected chi connectivity index (χ0v) is 12.7. The Bertz CT molecular complexity index is 498. The van der Waals surface area contributed by atoms with Crippen LogP contribution >= 0.6 is 0 Å². The molecule has 0 aliphatic carbocycles. The number of rotatable bonds is 8. The van der Waals surface area contributed by atoms with Gasteiger partial charge in [-0.05, 0) is 36.6 Å². The summed E-state index contributed by atoms with van der Waals surface area (Å²) in [5, 5.41) is 21.9. The molecule has 0 heterocycles. The van der Waals surface area contributed by atoms with E-state index < -0.39 is 15.9 Å². The second-order valence-corrected chi connectivity index (χ2v) is 7.15. The fourth-order valence-electron chi connectivity index (χ4n) is 1.84. The summed E-state index contributed by atoms with van der Waals surface area (Å²) in [5.41, 5.74) is 0.680. The number of aliphatic hydroxyl groups is 2. The first-order valence-electron chi connectivity index (χ1n) is 6.64. The summed E-state index contributed by atoms with van der Waals surface area (Å²) in [6.45, 7) is 3.31. The molecule has 0 amide bonds. The quantitative estimate of drug-likeness (QED) is 0.659. The van der Waals surface area contributed by atoms with Crippen LogP contribution in [-0.2, 0) is 9.84 Å². The fraction of sp³-hybridized carbons (Fsp3) is 0.571. The number of hydrogen-bond donors (Lipinski definition) is 3. The van der Waals surface area contributed by atoms with Crippen molar-refractivity contribution in [2.75, 3.05) is 26.0 Å². The van der Waals surface area contributed by atoms with Gasteiger partial charge < -0.3 is 15.5 Å². The average molecular weight is 301 g/mol. The molecule has 0 aliphatic rings. The predicted octanol–water partition coefficient (Wildman–Crippen LogP) is 0.732. The lowest BCUT2D eigenvalue weighted by Gasteiger charge is -2.15. The van der Waals surface area contributed by atoms with Gasteiger partial charge in [-0.2, -0.15) is 0 Å². The number of sulfone groups is 1. The molecule has 20 heavy (non-hydrogen) atoms. The Kier molecular flexibility index (Phi) is 6.61. The molecule has 0 saturated carbocycles. The Morgan fingerprint density at radius 2 is 1.80 bits per heavy atom. The van der Waals surface area contributed by atoms with E-state index in [4.69, 9.17) is 5.11 Å². The van der Waals surface area contributed by atoms with Crippen LogP contribution < -0.4 is 5.32 Å². The monoisotopic (exact) mass is 301 g/mol. The molecule has 2 atom stereocenters. The zero-order chi connectivity index (χ0) is 15.2. The summed E-state index contributed by atoms with van der Waals surface area (Å²) < 4.78 is 22.7. The van der Waals surface area contributed by atoms with E-state index in [9.17, 15) is 13.5 Å². The third kappa shape index (κ3) is 5.58. The zero-order valence-electron chi connectivity index (χ0n) is 11.9. The number of benzene rings is 1. The molecular formula is C14H23NO4S. The molecular weight excluding hydrogens is 278 g/mol. The molecule has 0 aromatic heterocycles. The smallest absolute Gasteiger partial charge is 0.175 e. The summed E-state index contributed by atoms with van der Waals surface area (Å²) in [4.78, 5) is 0.248. The third-order valence-corrected chi connectivity index (χ3v) is 4.27. The lowest BCUT2D eigenvalue weighted by atomic mass is 10.1. The van der Waals surface area contributed by atoms with Crippen LogP contribution in [0.25, 0.3) is 0 Å². The van der Waals surface area contributed by atoms with Crippen LogP contribution in [0, 0.1) is 5.92 Å². The molecule has 0 spiro atoms. The van der Waals surface area contributed by atoms with Gasteiger partial charge in [-0.15, -0.1) is 0 Å². The van der Waals surface area contributed by atoms with Crippen molar-refractivity contribution in [1.29, 1.82) is 0 Å². The first kappa shape index (κ1) is 17.1. The van der Waals surface area contributed by atoms with E-state index in [0.717, 1.165) is 19.2 Å². The molecule has 2 unspecified atom stereocenters. The van der Waals surface area contributed by atoms with Crippen LogP contribution in [0.3, 0.4) is 0 Å². The molecule has 3 N–H and O–H groups in total. The summed E-state index contributed by atoms with van der Waals surface area (Å²) in [6.07, 6.45) is 1.21. The second kappa shape index (κ2) is 7.73. The van der Waals surface area contributed by atoms with Gasteiger partial charge in [0.25, 0.3) is 0 Å².